The first kappa shape index (κ1) is 24.5. The molecule has 3 atom stereocenters. The van der Waals surface area contributed by atoms with Crippen molar-refractivity contribution in [2.75, 3.05) is 19.7 Å². The second-order valence-corrected chi connectivity index (χ2v) is 10.3. The van der Waals surface area contributed by atoms with Gasteiger partial charge in [0.25, 0.3) is 5.91 Å². The van der Waals surface area contributed by atoms with Gasteiger partial charge in [-0.25, -0.2) is 4.79 Å². The van der Waals surface area contributed by atoms with E-state index in [9.17, 15) is 9.59 Å². The number of fused-ring (bicyclic) bond motifs is 1. The Morgan fingerprint density at radius 1 is 1.06 bits per heavy atom. The van der Waals surface area contributed by atoms with E-state index in [0.29, 0.717) is 19.1 Å². The zero-order valence-corrected chi connectivity index (χ0v) is 20.4. The summed E-state index contributed by atoms with van der Waals surface area (Å²) in [5.41, 5.74) is 1.21. The van der Waals surface area contributed by atoms with Crippen LogP contribution in [0.5, 0.6) is 0 Å². The number of carbonyl (C=O) groups is 2. The molecule has 7 heteroatoms. The fraction of sp³-hybridized carbons (Fsp3) is 0.680. The highest BCUT2D eigenvalue weighted by Crippen LogP contribution is 2.32. The van der Waals surface area contributed by atoms with Crippen LogP contribution in [-0.4, -0.2) is 64.9 Å². The first-order valence-electron chi connectivity index (χ1n) is 11.9. The first-order chi connectivity index (χ1) is 15.2. The molecule has 0 radical (unpaired) electrons. The number of nitrogens with zero attached hydrogens (tertiary/aromatic N) is 3. The van der Waals surface area contributed by atoms with E-state index >= 15 is 0 Å². The molecule has 2 fully saturated rings. The highest BCUT2D eigenvalue weighted by atomic mass is 16.7. The maximum atomic E-state index is 13.5. The molecule has 0 unspecified atom stereocenters. The molecule has 32 heavy (non-hydrogen) atoms. The van der Waals surface area contributed by atoms with Gasteiger partial charge < -0.3 is 9.64 Å². The number of hydrogen-bond donors (Lipinski definition) is 0. The van der Waals surface area contributed by atoms with Crippen molar-refractivity contribution in [2.24, 2.45) is 17.8 Å². The molecule has 178 valence electrons. The van der Waals surface area contributed by atoms with Crippen molar-refractivity contribution >= 4 is 12.0 Å². The van der Waals surface area contributed by atoms with E-state index in [-0.39, 0.29) is 23.8 Å². The molecule has 2 aliphatic rings. The summed E-state index contributed by atoms with van der Waals surface area (Å²) >= 11 is 0. The summed E-state index contributed by atoms with van der Waals surface area (Å²) < 4.78 is 5.53. The van der Waals surface area contributed by atoms with E-state index in [1.807, 2.05) is 50.8 Å². The minimum Gasteiger partial charge on any atom is -0.448 e. The summed E-state index contributed by atoms with van der Waals surface area (Å²) in [6.45, 7) is 14.6. The predicted molar refractivity (Wildman–Crippen MR) is 123 cm³/mol. The van der Waals surface area contributed by atoms with Crippen LogP contribution in [0, 0.1) is 17.8 Å². The molecule has 7 nitrogen and oxygen atoms in total. The maximum absolute atomic E-state index is 13.5. The van der Waals surface area contributed by atoms with E-state index < -0.39 is 18.4 Å². The number of benzene rings is 1. The summed E-state index contributed by atoms with van der Waals surface area (Å²) in [6.07, 6.45) is -0.837. The molecule has 2 heterocycles. The monoisotopic (exact) mass is 445 g/mol. The average molecular weight is 446 g/mol. The number of amides is 2. The van der Waals surface area contributed by atoms with Crippen molar-refractivity contribution in [1.82, 2.24) is 14.9 Å². The Bertz CT molecular complexity index is 768. The third kappa shape index (κ3) is 5.81. The lowest BCUT2D eigenvalue weighted by Crippen LogP contribution is -2.72. The van der Waals surface area contributed by atoms with Crippen LogP contribution in [0.15, 0.2) is 30.3 Å². The Balaban J connectivity index is 1.90. The molecule has 3 rings (SSSR count). The fourth-order valence-electron chi connectivity index (χ4n) is 4.50. The van der Waals surface area contributed by atoms with Gasteiger partial charge in [0, 0.05) is 25.7 Å². The Hall–Kier alpha value is -2.12. The fourth-order valence-corrected chi connectivity index (χ4v) is 4.50. The highest BCUT2D eigenvalue weighted by Gasteiger charge is 2.51. The molecule has 1 aromatic rings. The van der Waals surface area contributed by atoms with Crippen molar-refractivity contribution in [3.63, 3.8) is 0 Å². The second-order valence-electron chi connectivity index (χ2n) is 10.3. The summed E-state index contributed by atoms with van der Waals surface area (Å²) in [6, 6.07) is 10.3. The van der Waals surface area contributed by atoms with Gasteiger partial charge in [-0.05, 0) is 29.7 Å². The lowest BCUT2D eigenvalue weighted by Gasteiger charge is -2.54. The van der Waals surface area contributed by atoms with Crippen molar-refractivity contribution in [1.29, 1.82) is 0 Å². The molecule has 1 aromatic carbocycles. The van der Waals surface area contributed by atoms with Crippen LogP contribution in [0.2, 0.25) is 0 Å². The van der Waals surface area contributed by atoms with Crippen molar-refractivity contribution < 1.29 is 19.2 Å². The number of piperazine rings is 1. The maximum Gasteiger partial charge on any atom is 0.436 e. The molecule has 0 saturated carbocycles. The molecule has 0 aliphatic carbocycles. The van der Waals surface area contributed by atoms with Crippen LogP contribution in [-0.2, 0) is 20.9 Å². The van der Waals surface area contributed by atoms with Crippen molar-refractivity contribution in [3.05, 3.63) is 35.9 Å². The number of ether oxygens (including phenoxy) is 1. The van der Waals surface area contributed by atoms with Gasteiger partial charge in [-0.3, -0.25) is 14.5 Å². The van der Waals surface area contributed by atoms with Gasteiger partial charge in [-0.1, -0.05) is 71.9 Å². The highest BCUT2D eigenvalue weighted by molar-refractivity contribution is 5.83. The number of hydroxylamine groups is 2. The van der Waals surface area contributed by atoms with E-state index in [1.54, 1.807) is 0 Å². The van der Waals surface area contributed by atoms with Crippen molar-refractivity contribution in [2.45, 2.75) is 72.8 Å². The largest absolute Gasteiger partial charge is 0.448 e. The van der Waals surface area contributed by atoms with Gasteiger partial charge in [0.15, 0.2) is 6.10 Å². The number of hydrogen-bond acceptors (Lipinski definition) is 5. The third-order valence-electron chi connectivity index (χ3n) is 5.92. The van der Waals surface area contributed by atoms with Crippen LogP contribution in [0.3, 0.4) is 0 Å². The summed E-state index contributed by atoms with van der Waals surface area (Å²) in [5.74, 6) is 0.567. The number of rotatable bonds is 7. The zero-order chi connectivity index (χ0) is 23.4. The molecular formula is C25H39N3O4. The van der Waals surface area contributed by atoms with Crippen LogP contribution >= 0.6 is 0 Å². The van der Waals surface area contributed by atoms with E-state index in [2.05, 4.69) is 30.9 Å². The zero-order valence-electron chi connectivity index (χ0n) is 20.4. The SMILES string of the molecule is CC(C)COC(=O)N1O[C@H](C(C)C)C(=O)N2[C@@H](CC(C)C)CN(Cc3ccccc3)C[C@H]12. The summed E-state index contributed by atoms with van der Waals surface area (Å²) in [4.78, 5) is 36.8. The minimum absolute atomic E-state index is 0.00973. The molecule has 0 aromatic heterocycles. The quantitative estimate of drug-likeness (QED) is 0.631. The van der Waals surface area contributed by atoms with Gasteiger partial charge >= 0.3 is 6.09 Å². The smallest absolute Gasteiger partial charge is 0.436 e. The molecule has 2 aliphatic heterocycles. The van der Waals surface area contributed by atoms with Crippen LogP contribution < -0.4 is 0 Å². The molecule has 0 N–H and O–H groups in total. The van der Waals surface area contributed by atoms with E-state index in [1.165, 1.54) is 10.6 Å². The molecular weight excluding hydrogens is 406 g/mol. The first-order valence-corrected chi connectivity index (χ1v) is 11.9. The molecule has 2 amide bonds. The van der Waals surface area contributed by atoms with Gasteiger partial charge in [-0.2, -0.15) is 5.06 Å². The molecule has 0 bridgehead atoms. The van der Waals surface area contributed by atoms with Gasteiger partial charge in [0.1, 0.15) is 6.17 Å². The molecule has 2 saturated heterocycles. The number of carbonyl (C=O) groups excluding carboxylic acids is 2. The Labute approximate surface area is 192 Å². The van der Waals surface area contributed by atoms with E-state index in [4.69, 9.17) is 9.57 Å². The predicted octanol–water partition coefficient (Wildman–Crippen LogP) is 4.14. The normalized spacial score (nSPS) is 24.4. The Morgan fingerprint density at radius 2 is 1.75 bits per heavy atom. The topological polar surface area (TPSA) is 62.3 Å². The molecule has 0 spiro atoms. The van der Waals surface area contributed by atoms with Gasteiger partial charge in [0.05, 0.1) is 6.61 Å². The van der Waals surface area contributed by atoms with Gasteiger partial charge in [0.2, 0.25) is 0 Å². The minimum atomic E-state index is -0.687. The van der Waals surface area contributed by atoms with Crippen LogP contribution in [0.4, 0.5) is 4.79 Å². The standard InChI is InChI=1S/C25H39N3O4/c1-17(2)12-21-14-26(13-20-10-8-7-9-11-20)15-22-27(21)24(29)23(19(5)6)32-28(22)25(30)31-16-18(3)4/h7-11,17-19,21-23H,12-16H2,1-6H3/t21-,22-,23+/m0/s1. The lowest BCUT2D eigenvalue weighted by atomic mass is 9.95. The van der Waals surface area contributed by atoms with Crippen LogP contribution in [0.1, 0.15) is 53.5 Å². The lowest BCUT2D eigenvalue weighted by molar-refractivity contribution is -0.276. The second kappa shape index (κ2) is 10.7. The Morgan fingerprint density at radius 3 is 2.34 bits per heavy atom. The van der Waals surface area contributed by atoms with Crippen molar-refractivity contribution in [3.8, 4) is 0 Å². The third-order valence-corrected chi connectivity index (χ3v) is 5.92. The Kier molecular flexibility index (Phi) is 8.17. The summed E-state index contributed by atoms with van der Waals surface area (Å²) in [5, 5.41) is 1.33. The van der Waals surface area contributed by atoms with Gasteiger partial charge in [-0.15, -0.1) is 0 Å². The summed E-state index contributed by atoms with van der Waals surface area (Å²) in [7, 11) is 0. The van der Waals surface area contributed by atoms with Crippen LogP contribution in [0.25, 0.3) is 0 Å². The average Bonchev–Trinajstić information content (AvgIpc) is 2.72. The van der Waals surface area contributed by atoms with E-state index in [0.717, 1.165) is 19.5 Å².